The Balaban J connectivity index is 1.28. The molecule has 0 bridgehead atoms. The molecule has 2 aliphatic heterocycles. The van der Waals surface area contributed by atoms with Crippen molar-refractivity contribution in [2.75, 3.05) is 49.1 Å². The van der Waals surface area contributed by atoms with Gasteiger partial charge in [-0.3, -0.25) is 14.2 Å². The van der Waals surface area contributed by atoms with Crippen molar-refractivity contribution in [2.24, 2.45) is 0 Å². The van der Waals surface area contributed by atoms with Gasteiger partial charge in [0.25, 0.3) is 5.56 Å². The van der Waals surface area contributed by atoms with Crippen LogP contribution in [0.2, 0.25) is 0 Å². The normalized spacial score (nSPS) is 17.1. The molecule has 33 heavy (non-hydrogen) atoms. The van der Waals surface area contributed by atoms with Crippen molar-refractivity contribution in [3.8, 4) is 0 Å². The number of nitrogens with zero attached hydrogens (tertiary/aromatic N) is 5. The Labute approximate surface area is 196 Å². The van der Waals surface area contributed by atoms with Gasteiger partial charge in [0.2, 0.25) is 11.9 Å². The van der Waals surface area contributed by atoms with Crippen molar-refractivity contribution < 1.29 is 9.18 Å². The summed E-state index contributed by atoms with van der Waals surface area (Å²) in [4.78, 5) is 37.0. The number of piperazine rings is 1. The molecule has 1 amide bonds. The van der Waals surface area contributed by atoms with Crippen LogP contribution in [0, 0.1) is 5.82 Å². The zero-order chi connectivity index (χ0) is 22.8. The van der Waals surface area contributed by atoms with Crippen LogP contribution in [0.1, 0.15) is 25.7 Å². The van der Waals surface area contributed by atoms with Gasteiger partial charge < -0.3 is 14.7 Å². The number of rotatable bonds is 5. The number of para-hydroxylation sites is 1. The van der Waals surface area contributed by atoms with Crippen molar-refractivity contribution in [3.63, 3.8) is 0 Å². The van der Waals surface area contributed by atoms with Crippen LogP contribution in [0.3, 0.4) is 0 Å². The fourth-order valence-corrected chi connectivity index (χ4v) is 5.52. The van der Waals surface area contributed by atoms with Crippen LogP contribution in [-0.4, -0.2) is 59.6 Å². The zero-order valence-electron chi connectivity index (χ0n) is 18.6. The Kier molecular flexibility index (Phi) is 6.30. The highest BCUT2D eigenvalue weighted by Gasteiger charge is 2.24. The SMILES string of the molecule is O=C(CCn1c(N2CCCCC2)nc2ccsc2c1=O)N1CCN(c2ccccc2F)CC1. The third kappa shape index (κ3) is 4.46. The average molecular weight is 470 g/mol. The maximum Gasteiger partial charge on any atom is 0.272 e. The van der Waals surface area contributed by atoms with E-state index in [1.165, 1.54) is 23.8 Å². The van der Waals surface area contributed by atoms with E-state index < -0.39 is 0 Å². The van der Waals surface area contributed by atoms with Crippen LogP contribution < -0.4 is 15.4 Å². The fraction of sp³-hybridized carbons (Fsp3) is 0.458. The Morgan fingerprint density at radius 1 is 0.970 bits per heavy atom. The van der Waals surface area contributed by atoms with Gasteiger partial charge in [0.15, 0.2) is 0 Å². The molecule has 5 rings (SSSR count). The Morgan fingerprint density at radius 3 is 2.48 bits per heavy atom. The lowest BCUT2D eigenvalue weighted by Gasteiger charge is -2.36. The van der Waals surface area contributed by atoms with Crippen LogP contribution in [0.5, 0.6) is 0 Å². The maximum absolute atomic E-state index is 14.1. The van der Waals surface area contributed by atoms with Crippen LogP contribution >= 0.6 is 11.3 Å². The Hall–Kier alpha value is -2.94. The van der Waals surface area contributed by atoms with Crippen molar-refractivity contribution in [1.82, 2.24) is 14.5 Å². The highest BCUT2D eigenvalue weighted by Crippen LogP contribution is 2.23. The smallest absolute Gasteiger partial charge is 0.272 e. The number of benzene rings is 1. The minimum Gasteiger partial charge on any atom is -0.366 e. The second-order valence-electron chi connectivity index (χ2n) is 8.62. The van der Waals surface area contributed by atoms with Crippen LogP contribution in [-0.2, 0) is 11.3 Å². The van der Waals surface area contributed by atoms with Crippen molar-refractivity contribution >= 4 is 39.1 Å². The minimum atomic E-state index is -0.238. The second-order valence-corrected chi connectivity index (χ2v) is 9.54. The molecule has 0 aliphatic carbocycles. The second kappa shape index (κ2) is 9.51. The van der Waals surface area contributed by atoms with E-state index in [1.807, 2.05) is 27.3 Å². The lowest BCUT2D eigenvalue weighted by Crippen LogP contribution is -2.49. The number of fused-ring (bicyclic) bond motifs is 1. The zero-order valence-corrected chi connectivity index (χ0v) is 19.4. The first-order valence-electron chi connectivity index (χ1n) is 11.6. The summed E-state index contributed by atoms with van der Waals surface area (Å²) in [5, 5.41) is 1.89. The summed E-state index contributed by atoms with van der Waals surface area (Å²) in [5.41, 5.74) is 1.25. The Morgan fingerprint density at radius 2 is 1.73 bits per heavy atom. The van der Waals surface area contributed by atoms with Crippen LogP contribution in [0.4, 0.5) is 16.0 Å². The molecule has 7 nitrogen and oxygen atoms in total. The summed E-state index contributed by atoms with van der Waals surface area (Å²) >= 11 is 1.40. The van der Waals surface area contributed by atoms with Gasteiger partial charge in [-0.05, 0) is 42.8 Å². The molecule has 2 aliphatic rings. The number of hydrogen-bond donors (Lipinski definition) is 0. The first-order chi connectivity index (χ1) is 16.1. The van der Waals surface area contributed by atoms with E-state index in [1.54, 1.807) is 16.7 Å². The molecule has 174 valence electrons. The van der Waals surface area contributed by atoms with E-state index in [2.05, 4.69) is 4.90 Å². The molecule has 0 N–H and O–H groups in total. The van der Waals surface area contributed by atoms with Gasteiger partial charge in [-0.2, -0.15) is 0 Å². The highest BCUT2D eigenvalue weighted by atomic mass is 32.1. The lowest BCUT2D eigenvalue weighted by molar-refractivity contribution is -0.131. The van der Waals surface area contributed by atoms with E-state index in [0.717, 1.165) is 31.4 Å². The number of aromatic nitrogens is 2. The van der Waals surface area contributed by atoms with Crippen LogP contribution in [0.25, 0.3) is 10.2 Å². The summed E-state index contributed by atoms with van der Waals surface area (Å²) in [6.45, 7) is 4.36. The molecule has 0 radical (unpaired) electrons. The van der Waals surface area contributed by atoms with Crippen molar-refractivity contribution in [2.45, 2.75) is 32.2 Å². The van der Waals surface area contributed by atoms with Gasteiger partial charge in [-0.15, -0.1) is 11.3 Å². The monoisotopic (exact) mass is 469 g/mol. The van der Waals surface area contributed by atoms with E-state index in [0.29, 0.717) is 49.1 Å². The summed E-state index contributed by atoms with van der Waals surface area (Å²) in [6.07, 6.45) is 3.61. The first kappa shape index (κ1) is 21.9. The van der Waals surface area contributed by atoms with Crippen molar-refractivity contribution in [1.29, 1.82) is 0 Å². The molecule has 4 heterocycles. The van der Waals surface area contributed by atoms with Gasteiger partial charge >= 0.3 is 0 Å². The minimum absolute atomic E-state index is 0.0194. The molecule has 0 spiro atoms. The van der Waals surface area contributed by atoms with Gasteiger partial charge in [0, 0.05) is 52.2 Å². The predicted octanol–water partition coefficient (Wildman–Crippen LogP) is 3.33. The number of thiophene rings is 1. The molecule has 0 unspecified atom stereocenters. The molecule has 2 saturated heterocycles. The van der Waals surface area contributed by atoms with Gasteiger partial charge in [0.05, 0.1) is 11.2 Å². The molecule has 0 saturated carbocycles. The van der Waals surface area contributed by atoms with Gasteiger partial charge in [-0.1, -0.05) is 12.1 Å². The number of halogens is 1. The average Bonchev–Trinajstić information content (AvgIpc) is 3.33. The molecule has 1 aromatic carbocycles. The molecular formula is C24H28FN5O2S. The highest BCUT2D eigenvalue weighted by molar-refractivity contribution is 7.17. The molecular weight excluding hydrogens is 441 g/mol. The summed E-state index contributed by atoms with van der Waals surface area (Å²) in [6, 6.07) is 8.63. The number of piperidine rings is 1. The number of carbonyl (C=O) groups excluding carboxylic acids is 1. The largest absolute Gasteiger partial charge is 0.366 e. The molecule has 9 heteroatoms. The standard InChI is InChI=1S/C24H28FN5O2S/c25-18-6-2-3-7-20(18)27-13-15-28(16-14-27)21(31)8-12-30-23(32)22-19(9-17-33-22)26-24(30)29-10-4-1-5-11-29/h2-3,6-7,9,17H,1,4-5,8,10-16H2. The molecule has 3 aromatic rings. The van der Waals surface area contributed by atoms with Gasteiger partial charge in [-0.25, -0.2) is 9.37 Å². The lowest BCUT2D eigenvalue weighted by atomic mass is 10.1. The van der Waals surface area contributed by atoms with E-state index in [4.69, 9.17) is 4.98 Å². The third-order valence-electron chi connectivity index (χ3n) is 6.56. The summed E-state index contributed by atoms with van der Waals surface area (Å²) in [7, 11) is 0. The number of anilines is 2. The number of amides is 1. The van der Waals surface area contributed by atoms with E-state index >= 15 is 0 Å². The summed E-state index contributed by atoms with van der Waals surface area (Å²) in [5.74, 6) is 0.465. The summed E-state index contributed by atoms with van der Waals surface area (Å²) < 4.78 is 16.4. The Bertz CT molecular complexity index is 1200. The fourth-order valence-electron chi connectivity index (χ4n) is 4.74. The number of carbonyl (C=O) groups is 1. The topological polar surface area (TPSA) is 61.7 Å². The molecule has 2 fully saturated rings. The quantitative estimate of drug-likeness (QED) is 0.574. The maximum atomic E-state index is 14.1. The van der Waals surface area contributed by atoms with Crippen molar-refractivity contribution in [3.05, 3.63) is 51.9 Å². The van der Waals surface area contributed by atoms with Gasteiger partial charge in [0.1, 0.15) is 10.5 Å². The number of hydrogen-bond acceptors (Lipinski definition) is 6. The third-order valence-corrected chi connectivity index (χ3v) is 7.45. The van der Waals surface area contributed by atoms with E-state index in [-0.39, 0.29) is 23.7 Å². The molecule has 2 aromatic heterocycles. The first-order valence-corrected chi connectivity index (χ1v) is 12.5. The predicted molar refractivity (Wildman–Crippen MR) is 130 cm³/mol. The molecule has 0 atom stereocenters. The van der Waals surface area contributed by atoms with Crippen LogP contribution in [0.15, 0.2) is 40.5 Å². The van der Waals surface area contributed by atoms with E-state index in [9.17, 15) is 14.0 Å².